The fraction of sp³-hybridized carbons (Fsp3) is 0.375. The van der Waals surface area contributed by atoms with E-state index < -0.39 is 0 Å². The molecule has 0 radical (unpaired) electrons. The van der Waals surface area contributed by atoms with Crippen molar-refractivity contribution in [1.82, 2.24) is 10.1 Å². The molecule has 1 unspecified atom stereocenters. The minimum atomic E-state index is -0.160. The van der Waals surface area contributed by atoms with Crippen molar-refractivity contribution in [1.29, 1.82) is 0 Å². The largest absolute Gasteiger partial charge is 0.495 e. The molecule has 0 aliphatic carbocycles. The summed E-state index contributed by atoms with van der Waals surface area (Å²) in [7, 11) is 1.61. The van der Waals surface area contributed by atoms with Crippen LogP contribution in [0.2, 0.25) is 0 Å². The van der Waals surface area contributed by atoms with Crippen molar-refractivity contribution < 1.29 is 18.8 Å². The van der Waals surface area contributed by atoms with Gasteiger partial charge in [0.15, 0.2) is 0 Å². The predicted octanol–water partition coefficient (Wildman–Crippen LogP) is 4.61. The number of anilines is 1. The van der Waals surface area contributed by atoms with Gasteiger partial charge in [-0.2, -0.15) is 4.98 Å². The molecule has 0 spiro atoms. The van der Waals surface area contributed by atoms with Crippen molar-refractivity contribution in [3.63, 3.8) is 0 Å². The Morgan fingerprint density at radius 3 is 2.68 bits per heavy atom. The first kappa shape index (κ1) is 20.9. The van der Waals surface area contributed by atoms with E-state index in [0.717, 1.165) is 22.6 Å². The smallest absolute Gasteiger partial charge is 0.232 e. The topological polar surface area (TPSA) is 77.7 Å². The third-order valence-corrected chi connectivity index (χ3v) is 5.24. The summed E-state index contributed by atoms with van der Waals surface area (Å²) in [6.07, 6.45) is 0.320. The van der Waals surface area contributed by atoms with Gasteiger partial charge in [-0.25, -0.2) is 0 Å². The molecule has 0 saturated carbocycles. The Morgan fingerprint density at radius 1 is 1.19 bits per heavy atom. The Morgan fingerprint density at radius 2 is 1.97 bits per heavy atom. The normalized spacial score (nSPS) is 16.2. The van der Waals surface area contributed by atoms with Crippen LogP contribution in [0.1, 0.15) is 37.6 Å². The molecule has 1 saturated heterocycles. The van der Waals surface area contributed by atoms with Crippen LogP contribution in [-0.2, 0) is 4.79 Å². The van der Waals surface area contributed by atoms with Gasteiger partial charge < -0.3 is 18.9 Å². The lowest BCUT2D eigenvalue weighted by atomic mass is 10.1. The summed E-state index contributed by atoms with van der Waals surface area (Å²) in [5.41, 5.74) is 2.67. The average Bonchev–Trinajstić information content (AvgIpc) is 3.39. The van der Waals surface area contributed by atoms with E-state index in [0.29, 0.717) is 43.0 Å². The second-order valence-corrected chi connectivity index (χ2v) is 8.27. The van der Waals surface area contributed by atoms with Gasteiger partial charge in [-0.1, -0.05) is 25.1 Å². The molecule has 7 nitrogen and oxygen atoms in total. The summed E-state index contributed by atoms with van der Waals surface area (Å²) in [6, 6.07) is 13.4. The van der Waals surface area contributed by atoms with Gasteiger partial charge in [0.1, 0.15) is 11.5 Å². The first-order chi connectivity index (χ1) is 14.9. The minimum Gasteiger partial charge on any atom is -0.495 e. The highest BCUT2D eigenvalue weighted by Crippen LogP contribution is 2.37. The second kappa shape index (κ2) is 8.79. The maximum Gasteiger partial charge on any atom is 0.232 e. The molecule has 1 aromatic heterocycles. The van der Waals surface area contributed by atoms with Gasteiger partial charge in [-0.05, 0) is 54.8 Å². The first-order valence-corrected chi connectivity index (χ1v) is 10.5. The van der Waals surface area contributed by atoms with E-state index >= 15 is 0 Å². The van der Waals surface area contributed by atoms with Crippen LogP contribution in [0.15, 0.2) is 47.0 Å². The molecule has 162 valence electrons. The van der Waals surface area contributed by atoms with Crippen LogP contribution in [0.4, 0.5) is 5.69 Å². The first-order valence-electron chi connectivity index (χ1n) is 10.5. The Labute approximate surface area is 182 Å². The molecule has 1 aliphatic heterocycles. The molecule has 1 aliphatic rings. The van der Waals surface area contributed by atoms with E-state index in [1.165, 1.54) is 0 Å². The summed E-state index contributed by atoms with van der Waals surface area (Å²) in [5, 5.41) is 4.12. The minimum absolute atomic E-state index is 0.0142. The molecule has 2 heterocycles. The molecule has 4 rings (SSSR count). The lowest BCUT2D eigenvalue weighted by Gasteiger charge is -2.19. The molecule has 1 amide bonds. The summed E-state index contributed by atoms with van der Waals surface area (Å²) >= 11 is 0. The SMILES string of the molecule is COc1ccc(C)cc1N1CC(c2nc(-c3ccc(OCC(C)C)cc3)no2)CC1=O. The maximum atomic E-state index is 12.7. The Hall–Kier alpha value is -3.35. The van der Waals surface area contributed by atoms with E-state index in [-0.39, 0.29) is 11.8 Å². The summed E-state index contributed by atoms with van der Waals surface area (Å²) < 4.78 is 16.7. The van der Waals surface area contributed by atoms with Gasteiger partial charge in [0.05, 0.1) is 25.3 Å². The lowest BCUT2D eigenvalue weighted by molar-refractivity contribution is -0.117. The average molecular weight is 421 g/mol. The van der Waals surface area contributed by atoms with Gasteiger partial charge >= 0.3 is 0 Å². The van der Waals surface area contributed by atoms with Gasteiger partial charge in [0.25, 0.3) is 0 Å². The molecule has 1 atom stereocenters. The Kier molecular flexibility index (Phi) is 5.93. The van der Waals surface area contributed by atoms with Crippen LogP contribution in [0.25, 0.3) is 11.4 Å². The van der Waals surface area contributed by atoms with E-state index in [2.05, 4.69) is 24.0 Å². The highest BCUT2D eigenvalue weighted by atomic mass is 16.5. The van der Waals surface area contributed by atoms with Crippen molar-refractivity contribution in [2.45, 2.75) is 33.1 Å². The summed E-state index contributed by atoms with van der Waals surface area (Å²) in [6.45, 7) is 7.36. The number of rotatable bonds is 7. The van der Waals surface area contributed by atoms with E-state index in [1.54, 1.807) is 12.0 Å². The maximum absolute atomic E-state index is 12.7. The number of carbonyl (C=O) groups excluding carboxylic acids is 1. The zero-order valence-electron chi connectivity index (χ0n) is 18.3. The Balaban J connectivity index is 1.49. The second-order valence-electron chi connectivity index (χ2n) is 8.27. The number of methoxy groups -OCH3 is 1. The molecule has 7 heteroatoms. The zero-order valence-corrected chi connectivity index (χ0v) is 18.3. The fourth-order valence-corrected chi connectivity index (χ4v) is 3.60. The third kappa shape index (κ3) is 4.55. The molecular formula is C24H27N3O4. The molecule has 3 aromatic rings. The number of carbonyl (C=O) groups is 1. The number of amides is 1. The van der Waals surface area contributed by atoms with Crippen molar-refractivity contribution in [2.75, 3.05) is 25.2 Å². The number of aromatic nitrogens is 2. The Bertz CT molecular complexity index is 1060. The van der Waals surface area contributed by atoms with E-state index in [1.807, 2.05) is 49.4 Å². The standard InChI is InChI=1S/C24H27N3O4/c1-15(2)14-30-19-8-6-17(7-9-19)23-25-24(31-26-23)18-12-22(28)27(13-18)20-11-16(3)5-10-21(20)29-4/h5-11,15,18H,12-14H2,1-4H3. The van der Waals surface area contributed by atoms with Gasteiger partial charge in [-0.15, -0.1) is 0 Å². The number of aryl methyl sites for hydroxylation is 1. The van der Waals surface area contributed by atoms with Crippen molar-refractivity contribution in [3.8, 4) is 22.9 Å². The van der Waals surface area contributed by atoms with Crippen LogP contribution < -0.4 is 14.4 Å². The van der Waals surface area contributed by atoms with Crippen LogP contribution in [-0.4, -0.2) is 36.3 Å². The summed E-state index contributed by atoms with van der Waals surface area (Å²) in [5.74, 6) is 2.78. The predicted molar refractivity (Wildman–Crippen MR) is 118 cm³/mol. The van der Waals surface area contributed by atoms with Crippen LogP contribution in [0.3, 0.4) is 0 Å². The van der Waals surface area contributed by atoms with Crippen molar-refractivity contribution in [2.24, 2.45) is 5.92 Å². The van der Waals surface area contributed by atoms with Crippen molar-refractivity contribution >= 4 is 11.6 Å². The molecular weight excluding hydrogens is 394 g/mol. The van der Waals surface area contributed by atoms with Gasteiger partial charge in [0, 0.05) is 18.5 Å². The highest BCUT2D eigenvalue weighted by molar-refractivity contribution is 5.97. The van der Waals surface area contributed by atoms with Gasteiger partial charge in [0.2, 0.25) is 17.6 Å². The monoisotopic (exact) mass is 421 g/mol. The molecule has 2 aromatic carbocycles. The lowest BCUT2D eigenvalue weighted by Crippen LogP contribution is -2.25. The molecule has 1 fully saturated rings. The van der Waals surface area contributed by atoms with E-state index in [9.17, 15) is 4.79 Å². The molecule has 31 heavy (non-hydrogen) atoms. The number of ether oxygens (including phenoxy) is 2. The summed E-state index contributed by atoms with van der Waals surface area (Å²) in [4.78, 5) is 19.0. The van der Waals surface area contributed by atoms with Crippen LogP contribution >= 0.6 is 0 Å². The molecule has 0 bridgehead atoms. The third-order valence-electron chi connectivity index (χ3n) is 5.24. The van der Waals surface area contributed by atoms with E-state index in [4.69, 9.17) is 14.0 Å². The quantitative estimate of drug-likeness (QED) is 0.554. The number of nitrogens with zero attached hydrogens (tertiary/aromatic N) is 3. The highest BCUT2D eigenvalue weighted by Gasteiger charge is 2.36. The van der Waals surface area contributed by atoms with Crippen LogP contribution in [0.5, 0.6) is 11.5 Å². The van der Waals surface area contributed by atoms with Crippen LogP contribution in [0, 0.1) is 12.8 Å². The van der Waals surface area contributed by atoms with Gasteiger partial charge in [-0.3, -0.25) is 4.79 Å². The number of benzene rings is 2. The zero-order chi connectivity index (χ0) is 22.0. The number of hydrogen-bond donors (Lipinski definition) is 0. The molecule has 0 N–H and O–H groups in total. The number of hydrogen-bond acceptors (Lipinski definition) is 6. The van der Waals surface area contributed by atoms with Crippen molar-refractivity contribution in [3.05, 3.63) is 53.9 Å². The fourth-order valence-electron chi connectivity index (χ4n) is 3.60.